The molecule has 0 fully saturated rings. The maximum atomic E-state index is 11.9. The van der Waals surface area contributed by atoms with Gasteiger partial charge in [0.25, 0.3) is 0 Å². The Kier molecular flexibility index (Phi) is 5.63. The molecule has 126 valence electrons. The van der Waals surface area contributed by atoms with Crippen LogP contribution >= 0.6 is 23.1 Å². The van der Waals surface area contributed by atoms with Crippen LogP contribution < -0.4 is 5.32 Å². The second kappa shape index (κ2) is 8.09. The van der Waals surface area contributed by atoms with Gasteiger partial charge in [-0.2, -0.15) is 0 Å². The molecule has 3 aromatic rings. The minimum atomic E-state index is -0.147. The highest BCUT2D eigenvalue weighted by Gasteiger charge is 2.04. The van der Waals surface area contributed by atoms with Crippen LogP contribution in [0.5, 0.6) is 0 Å². The molecule has 0 bridgehead atoms. The zero-order valence-electron chi connectivity index (χ0n) is 13.9. The number of rotatable bonds is 5. The topological polar surface area (TPSA) is 54.9 Å². The second-order valence-electron chi connectivity index (χ2n) is 5.40. The van der Waals surface area contributed by atoms with Crippen LogP contribution in [0.3, 0.4) is 0 Å². The first-order chi connectivity index (χ1) is 12.1. The lowest BCUT2D eigenvalue weighted by molar-refractivity contribution is -0.111. The zero-order chi connectivity index (χ0) is 17.6. The number of hydrogen-bond acceptors (Lipinski definition) is 5. The Labute approximate surface area is 155 Å². The average molecular weight is 367 g/mol. The Balaban J connectivity index is 1.61. The van der Waals surface area contributed by atoms with E-state index >= 15 is 0 Å². The van der Waals surface area contributed by atoms with E-state index in [0.717, 1.165) is 32.0 Å². The lowest BCUT2D eigenvalue weighted by atomic mass is 10.3. The summed E-state index contributed by atoms with van der Waals surface area (Å²) >= 11 is 3.10. The fraction of sp³-hybridized carbons (Fsp3) is 0.105. The summed E-state index contributed by atoms with van der Waals surface area (Å²) in [5.41, 5.74) is 2.67. The third-order valence-corrected chi connectivity index (χ3v) is 4.95. The molecule has 1 aromatic carbocycles. The number of amides is 1. The van der Waals surface area contributed by atoms with Crippen LogP contribution in [0.25, 0.3) is 6.08 Å². The molecule has 0 aliphatic carbocycles. The molecule has 0 saturated heterocycles. The molecule has 0 spiro atoms. The molecule has 0 aliphatic heterocycles. The average Bonchev–Trinajstić information content (AvgIpc) is 3.07. The molecule has 1 N–H and O–H groups in total. The molecule has 0 saturated carbocycles. The molecular weight excluding hydrogens is 350 g/mol. The highest BCUT2D eigenvalue weighted by atomic mass is 32.2. The number of thiophene rings is 1. The van der Waals surface area contributed by atoms with E-state index < -0.39 is 0 Å². The lowest BCUT2D eigenvalue weighted by Crippen LogP contribution is -2.07. The normalized spacial score (nSPS) is 11.0. The van der Waals surface area contributed by atoms with E-state index in [1.165, 1.54) is 17.8 Å². The Morgan fingerprint density at radius 3 is 2.48 bits per heavy atom. The molecule has 25 heavy (non-hydrogen) atoms. The van der Waals surface area contributed by atoms with Gasteiger partial charge >= 0.3 is 0 Å². The van der Waals surface area contributed by atoms with E-state index in [0.29, 0.717) is 0 Å². The molecule has 0 unspecified atom stereocenters. The number of carbonyl (C=O) groups excluding carboxylic acids is 1. The smallest absolute Gasteiger partial charge is 0.248 e. The van der Waals surface area contributed by atoms with Gasteiger partial charge in [-0.25, -0.2) is 9.97 Å². The van der Waals surface area contributed by atoms with Crippen LogP contribution in [0.15, 0.2) is 64.0 Å². The first-order valence-electron chi connectivity index (χ1n) is 7.71. The molecule has 2 aromatic heterocycles. The molecule has 1 amide bonds. The number of aryl methyl sites for hydroxylation is 2. The summed E-state index contributed by atoms with van der Waals surface area (Å²) in [7, 11) is 0. The summed E-state index contributed by atoms with van der Waals surface area (Å²) in [6.45, 7) is 3.92. The largest absolute Gasteiger partial charge is 0.323 e. The quantitative estimate of drug-likeness (QED) is 0.512. The van der Waals surface area contributed by atoms with Gasteiger partial charge in [-0.3, -0.25) is 4.79 Å². The Bertz CT molecular complexity index is 867. The Morgan fingerprint density at radius 1 is 1.12 bits per heavy atom. The maximum Gasteiger partial charge on any atom is 0.248 e. The SMILES string of the molecule is Cc1cc(C)nc(Sc2ccc(NC(=O)/C=C/c3cccs3)cc2)n1. The number of carbonyl (C=O) groups is 1. The second-order valence-corrected chi connectivity index (χ2v) is 7.42. The van der Waals surface area contributed by atoms with Crippen molar-refractivity contribution in [1.29, 1.82) is 0 Å². The number of hydrogen-bond donors (Lipinski definition) is 1. The van der Waals surface area contributed by atoms with Gasteiger partial charge < -0.3 is 5.32 Å². The molecule has 0 radical (unpaired) electrons. The van der Waals surface area contributed by atoms with Crippen LogP contribution in [0.2, 0.25) is 0 Å². The van der Waals surface area contributed by atoms with Gasteiger partial charge in [-0.15, -0.1) is 11.3 Å². The fourth-order valence-electron chi connectivity index (χ4n) is 2.18. The van der Waals surface area contributed by atoms with Crippen LogP contribution in [0.1, 0.15) is 16.3 Å². The third kappa shape index (κ3) is 5.27. The maximum absolute atomic E-state index is 11.9. The van der Waals surface area contributed by atoms with E-state index in [2.05, 4.69) is 15.3 Å². The summed E-state index contributed by atoms with van der Waals surface area (Å²) in [5.74, 6) is -0.147. The summed E-state index contributed by atoms with van der Waals surface area (Å²) in [4.78, 5) is 22.9. The van der Waals surface area contributed by atoms with Gasteiger partial charge in [0.1, 0.15) is 0 Å². The fourth-order valence-corrected chi connectivity index (χ4v) is 3.66. The van der Waals surface area contributed by atoms with Gasteiger partial charge in [0.15, 0.2) is 5.16 Å². The van der Waals surface area contributed by atoms with E-state index in [9.17, 15) is 4.79 Å². The van der Waals surface area contributed by atoms with Crippen molar-refractivity contribution < 1.29 is 4.79 Å². The van der Waals surface area contributed by atoms with E-state index in [1.807, 2.05) is 67.8 Å². The van der Waals surface area contributed by atoms with Crippen molar-refractivity contribution in [2.24, 2.45) is 0 Å². The molecule has 2 heterocycles. The highest BCUT2D eigenvalue weighted by molar-refractivity contribution is 7.99. The summed E-state index contributed by atoms with van der Waals surface area (Å²) in [6.07, 6.45) is 3.35. The first-order valence-corrected chi connectivity index (χ1v) is 9.41. The van der Waals surface area contributed by atoms with E-state index in [4.69, 9.17) is 0 Å². The minimum Gasteiger partial charge on any atom is -0.323 e. The van der Waals surface area contributed by atoms with Crippen molar-refractivity contribution in [1.82, 2.24) is 9.97 Å². The number of benzene rings is 1. The standard InChI is InChI=1S/C19H17N3OS2/c1-13-12-14(2)21-19(20-13)25-17-7-5-15(6-8-17)22-18(23)10-9-16-4-3-11-24-16/h3-12H,1-2H3,(H,22,23)/b10-9+. The third-order valence-electron chi connectivity index (χ3n) is 3.23. The molecule has 0 aliphatic rings. The number of nitrogens with zero attached hydrogens (tertiary/aromatic N) is 2. The predicted molar refractivity (Wildman–Crippen MR) is 104 cm³/mol. The monoisotopic (exact) mass is 367 g/mol. The first kappa shape index (κ1) is 17.4. The van der Waals surface area contributed by atoms with Gasteiger partial charge in [0.2, 0.25) is 5.91 Å². The molecule has 6 heteroatoms. The van der Waals surface area contributed by atoms with Gasteiger partial charge in [0.05, 0.1) is 0 Å². The molecule has 3 rings (SSSR count). The van der Waals surface area contributed by atoms with Gasteiger partial charge in [-0.1, -0.05) is 6.07 Å². The summed E-state index contributed by atoms with van der Waals surface area (Å²) in [5, 5.41) is 5.56. The van der Waals surface area contributed by atoms with E-state index in [1.54, 1.807) is 11.3 Å². The number of nitrogens with one attached hydrogen (secondary N) is 1. The van der Waals surface area contributed by atoms with Crippen molar-refractivity contribution in [3.63, 3.8) is 0 Å². The van der Waals surface area contributed by atoms with Gasteiger partial charge in [0, 0.05) is 32.9 Å². The van der Waals surface area contributed by atoms with Crippen molar-refractivity contribution in [3.8, 4) is 0 Å². The van der Waals surface area contributed by atoms with Crippen LogP contribution in [0.4, 0.5) is 5.69 Å². The molecule has 0 atom stereocenters. The number of anilines is 1. The summed E-state index contributed by atoms with van der Waals surface area (Å²) < 4.78 is 0. The predicted octanol–water partition coefficient (Wildman–Crippen LogP) is 4.96. The molecule has 4 nitrogen and oxygen atoms in total. The Morgan fingerprint density at radius 2 is 1.84 bits per heavy atom. The van der Waals surface area contributed by atoms with Crippen LogP contribution in [0, 0.1) is 13.8 Å². The Hall–Kier alpha value is -2.44. The highest BCUT2D eigenvalue weighted by Crippen LogP contribution is 2.26. The number of aromatic nitrogens is 2. The van der Waals surface area contributed by atoms with Gasteiger partial charge in [-0.05, 0) is 73.5 Å². The van der Waals surface area contributed by atoms with Crippen LogP contribution in [-0.2, 0) is 4.79 Å². The van der Waals surface area contributed by atoms with Crippen molar-refractivity contribution in [2.45, 2.75) is 23.9 Å². The van der Waals surface area contributed by atoms with Crippen molar-refractivity contribution >= 4 is 40.8 Å². The van der Waals surface area contributed by atoms with Crippen molar-refractivity contribution in [2.75, 3.05) is 5.32 Å². The minimum absolute atomic E-state index is 0.147. The molecular formula is C19H17N3OS2. The van der Waals surface area contributed by atoms with E-state index in [-0.39, 0.29) is 5.91 Å². The zero-order valence-corrected chi connectivity index (χ0v) is 15.5. The van der Waals surface area contributed by atoms with Crippen molar-refractivity contribution in [3.05, 3.63) is 70.2 Å². The van der Waals surface area contributed by atoms with Crippen LogP contribution in [-0.4, -0.2) is 15.9 Å². The summed E-state index contributed by atoms with van der Waals surface area (Å²) in [6, 6.07) is 13.5. The lowest BCUT2D eigenvalue weighted by Gasteiger charge is -2.05.